The molecule has 0 heterocycles. The van der Waals surface area contributed by atoms with Gasteiger partial charge in [0.2, 0.25) is 0 Å². The Labute approximate surface area is 136 Å². The van der Waals surface area contributed by atoms with Gasteiger partial charge in [0.1, 0.15) is 0 Å². The molecule has 0 aromatic carbocycles. The summed E-state index contributed by atoms with van der Waals surface area (Å²) in [7, 11) is -1.55. The van der Waals surface area contributed by atoms with E-state index in [9.17, 15) is 0 Å². The third kappa shape index (κ3) is 5.47. The van der Waals surface area contributed by atoms with Crippen LogP contribution in [0.5, 0.6) is 0 Å². The van der Waals surface area contributed by atoms with Gasteiger partial charge in [0.25, 0.3) is 0 Å². The first kappa shape index (κ1) is 18.9. The van der Waals surface area contributed by atoms with Gasteiger partial charge in [0, 0.05) is 5.92 Å². The second-order valence-corrected chi connectivity index (χ2v) is 10.7. The van der Waals surface area contributed by atoms with Crippen molar-refractivity contribution in [3.63, 3.8) is 0 Å². The van der Waals surface area contributed by atoms with Gasteiger partial charge in [-0.05, 0) is 39.7 Å². The van der Waals surface area contributed by atoms with E-state index in [0.29, 0.717) is 5.92 Å². The molecule has 0 rings (SSSR count). The van der Waals surface area contributed by atoms with E-state index in [-0.39, 0.29) is 6.10 Å². The molecule has 0 aliphatic heterocycles. The fourth-order valence-corrected chi connectivity index (χ4v) is 6.02. The van der Waals surface area contributed by atoms with Crippen molar-refractivity contribution in [1.82, 2.24) is 0 Å². The molecule has 0 amide bonds. The Balaban J connectivity index is 5.10. The monoisotopic (exact) mass is 444 g/mol. The predicted octanol–water partition coefficient (Wildman–Crippen LogP) is 6.26. The summed E-state index contributed by atoms with van der Waals surface area (Å²) < 4.78 is 8.73. The number of hydrogen-bond donors (Lipinski definition) is 0. The SMILES string of the molecule is CC[Si](CC)(CC)O[C@@H](/C(C)=C/Br)[C@H](C)/C=C\I. The molecular weight excluding hydrogens is 419 g/mol. The van der Waals surface area contributed by atoms with E-state index >= 15 is 0 Å². The van der Waals surface area contributed by atoms with E-state index < -0.39 is 8.32 Å². The highest BCUT2D eigenvalue weighted by Gasteiger charge is 2.33. The van der Waals surface area contributed by atoms with Gasteiger partial charge >= 0.3 is 0 Å². The van der Waals surface area contributed by atoms with Crippen LogP contribution < -0.4 is 0 Å². The minimum absolute atomic E-state index is 0.210. The van der Waals surface area contributed by atoms with E-state index in [1.54, 1.807) is 0 Å². The van der Waals surface area contributed by atoms with E-state index in [1.165, 1.54) is 23.7 Å². The second kappa shape index (κ2) is 9.72. The average Bonchev–Trinajstić information content (AvgIpc) is 2.40. The Bertz CT molecular complexity index is 279. The molecule has 0 aromatic rings. The van der Waals surface area contributed by atoms with Crippen LogP contribution in [0.3, 0.4) is 0 Å². The van der Waals surface area contributed by atoms with Gasteiger partial charge in [-0.15, -0.1) is 0 Å². The third-order valence-electron chi connectivity index (χ3n) is 3.78. The fraction of sp³-hybridized carbons (Fsp3) is 0.714. The van der Waals surface area contributed by atoms with Crippen molar-refractivity contribution in [2.75, 3.05) is 0 Å². The molecule has 0 aliphatic rings. The van der Waals surface area contributed by atoms with Gasteiger partial charge in [-0.2, -0.15) is 0 Å². The van der Waals surface area contributed by atoms with Crippen LogP contribution >= 0.6 is 38.5 Å². The highest BCUT2D eigenvalue weighted by Crippen LogP contribution is 2.29. The van der Waals surface area contributed by atoms with E-state index in [0.717, 1.165) is 0 Å². The number of halogens is 2. The normalized spacial score (nSPS) is 17.2. The van der Waals surface area contributed by atoms with Gasteiger partial charge in [-0.25, -0.2) is 0 Å². The van der Waals surface area contributed by atoms with E-state index in [1.807, 2.05) is 4.99 Å². The fourth-order valence-electron chi connectivity index (χ4n) is 2.16. The lowest BCUT2D eigenvalue weighted by molar-refractivity contribution is 0.185. The molecule has 0 saturated carbocycles. The highest BCUT2D eigenvalue weighted by molar-refractivity contribution is 14.1. The molecule has 106 valence electrons. The standard InChI is InChI=1S/C14H26BrIOSi/c1-6-18(7-2,8-3)17-14(13(5)11-15)12(4)9-10-16/h9-12,14H,6-8H2,1-5H3/b10-9-,13-11+/t12-,14-/m1/s1. The minimum atomic E-state index is -1.55. The molecule has 0 aromatic heterocycles. The van der Waals surface area contributed by atoms with Gasteiger partial charge in [-0.3, -0.25) is 0 Å². The van der Waals surface area contributed by atoms with Gasteiger partial charge < -0.3 is 4.43 Å². The van der Waals surface area contributed by atoms with Crippen LogP contribution in [0, 0.1) is 5.92 Å². The van der Waals surface area contributed by atoms with Gasteiger partial charge in [0.05, 0.1) is 6.10 Å². The Hall–Kier alpha value is 0.867. The zero-order valence-electron chi connectivity index (χ0n) is 12.2. The molecule has 0 unspecified atom stereocenters. The van der Waals surface area contributed by atoms with Crippen molar-refractivity contribution in [2.45, 2.75) is 58.9 Å². The minimum Gasteiger partial charge on any atom is -0.410 e. The van der Waals surface area contributed by atoms with Crippen LogP contribution in [0.15, 0.2) is 20.7 Å². The zero-order chi connectivity index (χ0) is 14.2. The van der Waals surface area contributed by atoms with Crippen LogP contribution in [-0.4, -0.2) is 14.4 Å². The summed E-state index contributed by atoms with van der Waals surface area (Å²) in [6.07, 6.45) is 2.44. The lowest BCUT2D eigenvalue weighted by Crippen LogP contribution is -2.42. The van der Waals surface area contributed by atoms with Gasteiger partial charge in [0.15, 0.2) is 8.32 Å². The van der Waals surface area contributed by atoms with Crippen LogP contribution in [0.4, 0.5) is 0 Å². The van der Waals surface area contributed by atoms with Crippen LogP contribution in [0.2, 0.25) is 18.1 Å². The largest absolute Gasteiger partial charge is 0.410 e. The Morgan fingerprint density at radius 3 is 2.11 bits per heavy atom. The van der Waals surface area contributed by atoms with Crippen molar-refractivity contribution in [2.24, 2.45) is 5.92 Å². The maximum absolute atomic E-state index is 6.64. The summed E-state index contributed by atoms with van der Waals surface area (Å²) in [5, 5.41) is 0. The van der Waals surface area contributed by atoms with E-state index in [2.05, 4.69) is 83.3 Å². The maximum Gasteiger partial charge on any atom is 0.192 e. The summed E-state index contributed by atoms with van der Waals surface area (Å²) in [5.41, 5.74) is 1.28. The summed E-state index contributed by atoms with van der Waals surface area (Å²) in [6, 6.07) is 3.60. The Morgan fingerprint density at radius 1 is 1.28 bits per heavy atom. The average molecular weight is 445 g/mol. The first-order chi connectivity index (χ1) is 8.50. The molecule has 0 saturated heterocycles. The first-order valence-electron chi connectivity index (χ1n) is 6.71. The lowest BCUT2D eigenvalue weighted by atomic mass is 10.00. The zero-order valence-corrected chi connectivity index (χ0v) is 16.9. The van der Waals surface area contributed by atoms with Crippen LogP contribution in [0.1, 0.15) is 34.6 Å². The predicted molar refractivity (Wildman–Crippen MR) is 97.1 cm³/mol. The Kier molecular flexibility index (Phi) is 10.2. The smallest absolute Gasteiger partial charge is 0.192 e. The maximum atomic E-state index is 6.64. The molecule has 18 heavy (non-hydrogen) atoms. The molecule has 0 fully saturated rings. The second-order valence-electron chi connectivity index (χ2n) is 4.81. The van der Waals surface area contributed by atoms with E-state index in [4.69, 9.17) is 4.43 Å². The first-order valence-corrected chi connectivity index (χ1v) is 11.4. The summed E-state index contributed by atoms with van der Waals surface area (Å²) in [4.78, 5) is 2.01. The molecule has 0 N–H and O–H groups in total. The molecule has 0 aliphatic carbocycles. The van der Waals surface area contributed by atoms with Crippen LogP contribution in [0.25, 0.3) is 0 Å². The van der Waals surface area contributed by atoms with Crippen molar-refractivity contribution in [1.29, 1.82) is 0 Å². The van der Waals surface area contributed by atoms with Gasteiger partial charge in [-0.1, -0.05) is 72.3 Å². The van der Waals surface area contributed by atoms with Crippen molar-refractivity contribution >= 4 is 46.8 Å². The Morgan fingerprint density at radius 2 is 1.78 bits per heavy atom. The quantitative estimate of drug-likeness (QED) is 0.317. The molecule has 0 radical (unpaired) electrons. The molecule has 0 bridgehead atoms. The molecule has 4 heteroatoms. The number of hydrogen-bond acceptors (Lipinski definition) is 1. The van der Waals surface area contributed by atoms with Crippen molar-refractivity contribution < 1.29 is 4.43 Å². The van der Waals surface area contributed by atoms with Crippen molar-refractivity contribution in [3.8, 4) is 0 Å². The molecular formula is C14H26BrIOSi. The number of rotatable bonds is 8. The third-order valence-corrected chi connectivity index (χ3v) is 9.54. The van der Waals surface area contributed by atoms with Crippen LogP contribution in [-0.2, 0) is 4.43 Å². The molecule has 1 nitrogen and oxygen atoms in total. The molecule has 0 spiro atoms. The summed E-state index contributed by atoms with van der Waals surface area (Å²) in [6.45, 7) is 11.2. The highest BCUT2D eigenvalue weighted by atomic mass is 127. The lowest BCUT2D eigenvalue weighted by Gasteiger charge is -2.35. The molecule has 2 atom stereocenters. The summed E-state index contributed by atoms with van der Waals surface area (Å²) >= 11 is 5.74. The van der Waals surface area contributed by atoms with Crippen molar-refractivity contribution in [3.05, 3.63) is 20.7 Å². The summed E-state index contributed by atoms with van der Waals surface area (Å²) in [5.74, 6) is 0.423. The topological polar surface area (TPSA) is 9.23 Å².